The molecule has 0 unspecified atom stereocenters. The van der Waals surface area contributed by atoms with Gasteiger partial charge in [-0.25, -0.2) is 15.0 Å². The van der Waals surface area contributed by atoms with Crippen LogP contribution in [0, 0.1) is 0 Å². The summed E-state index contributed by atoms with van der Waals surface area (Å²) >= 11 is 1.79. The summed E-state index contributed by atoms with van der Waals surface area (Å²) in [7, 11) is 0. The fourth-order valence-electron chi connectivity index (χ4n) is 9.92. The number of nitrogens with zero attached hydrogens (tertiary/aromatic N) is 4. The zero-order valence-electron chi connectivity index (χ0n) is 34.7. The van der Waals surface area contributed by atoms with E-state index in [0.717, 1.165) is 66.5 Å². The van der Waals surface area contributed by atoms with Crippen LogP contribution in [0.25, 0.3) is 136 Å². The first kappa shape index (κ1) is 36.1. The second-order valence-corrected chi connectivity index (χ2v) is 17.8. The van der Waals surface area contributed by atoms with Crippen molar-refractivity contribution in [1.82, 2.24) is 19.5 Å². The van der Waals surface area contributed by atoms with Gasteiger partial charge in [-0.15, -0.1) is 11.3 Å². The molecule has 14 aromatic rings. The zero-order chi connectivity index (χ0) is 42.6. The number of para-hydroxylation sites is 1. The van der Waals surface area contributed by atoms with Gasteiger partial charge in [0.25, 0.3) is 0 Å². The molecule has 0 N–H and O–H groups in total. The van der Waals surface area contributed by atoms with Crippen LogP contribution in [0.4, 0.5) is 0 Å². The molecule has 10 aromatic carbocycles. The van der Waals surface area contributed by atoms with Crippen LogP contribution in [-0.4, -0.2) is 19.5 Å². The fraction of sp³-hybridized carbons (Fsp3) is 0. The molecule has 0 spiro atoms. The lowest BCUT2D eigenvalue weighted by Gasteiger charge is -2.15. The van der Waals surface area contributed by atoms with Gasteiger partial charge in [0.05, 0.1) is 16.7 Å². The largest absolute Gasteiger partial charge is 0.456 e. The van der Waals surface area contributed by atoms with Crippen molar-refractivity contribution in [3.63, 3.8) is 0 Å². The summed E-state index contributed by atoms with van der Waals surface area (Å²) in [5.74, 6) is 1.79. The van der Waals surface area contributed by atoms with E-state index in [1.165, 1.54) is 52.5 Å². The van der Waals surface area contributed by atoms with Crippen LogP contribution in [0.5, 0.6) is 0 Å². The van der Waals surface area contributed by atoms with Crippen LogP contribution in [-0.2, 0) is 0 Å². The smallest absolute Gasteiger partial charge is 0.166 e. The molecule has 0 aliphatic carbocycles. The van der Waals surface area contributed by atoms with Crippen molar-refractivity contribution in [2.45, 2.75) is 0 Å². The van der Waals surface area contributed by atoms with Gasteiger partial charge in [0.2, 0.25) is 0 Å². The van der Waals surface area contributed by atoms with Gasteiger partial charge >= 0.3 is 0 Å². The number of thiophene rings is 1. The number of hydrogen-bond acceptors (Lipinski definition) is 5. The molecule has 6 heteroatoms. The molecule has 4 aromatic heterocycles. The van der Waals surface area contributed by atoms with E-state index >= 15 is 0 Å². The van der Waals surface area contributed by atoms with E-state index in [0.29, 0.717) is 17.5 Å². The van der Waals surface area contributed by atoms with Crippen LogP contribution in [0.15, 0.2) is 211 Å². The van der Waals surface area contributed by atoms with Crippen molar-refractivity contribution < 1.29 is 4.42 Å². The monoisotopic (exact) mass is 846 g/mol. The van der Waals surface area contributed by atoms with E-state index in [1.54, 1.807) is 11.3 Å². The molecule has 0 radical (unpaired) electrons. The predicted molar refractivity (Wildman–Crippen MR) is 271 cm³/mol. The summed E-state index contributed by atoms with van der Waals surface area (Å²) in [6, 6.07) is 73.3. The predicted octanol–water partition coefficient (Wildman–Crippen LogP) is 16.2. The summed E-state index contributed by atoms with van der Waals surface area (Å²) in [4.78, 5) is 16.2. The van der Waals surface area contributed by atoms with Crippen LogP contribution < -0.4 is 0 Å². The standard InChI is InChI=1S/C59H34N4OS/c1-2-12-35(13-3-1)36-22-24-38(25-23-36)57-60-58(41-26-28-45-44-19-9-11-21-54(44)65-55(45)32-41)62-59(61-57)48-33-46-43-18-8-10-20-52(43)64-53(46)34-51(48)63-49-29-27-37-14-6-7-17-42(37)56(49)47-30-39-15-4-5-16-40(39)31-50(47)63/h1-34H. The highest BCUT2D eigenvalue weighted by Gasteiger charge is 2.24. The van der Waals surface area contributed by atoms with Crippen molar-refractivity contribution in [3.05, 3.63) is 206 Å². The van der Waals surface area contributed by atoms with Crippen molar-refractivity contribution in [2.75, 3.05) is 0 Å². The van der Waals surface area contributed by atoms with E-state index in [1.807, 2.05) is 18.2 Å². The Morgan fingerprint density at radius 3 is 1.83 bits per heavy atom. The Hall–Kier alpha value is -8.45. The third-order valence-electron chi connectivity index (χ3n) is 13.0. The van der Waals surface area contributed by atoms with Gasteiger partial charge < -0.3 is 8.98 Å². The van der Waals surface area contributed by atoms with Crippen molar-refractivity contribution in [2.24, 2.45) is 0 Å². The van der Waals surface area contributed by atoms with Gasteiger partial charge in [-0.1, -0.05) is 158 Å². The van der Waals surface area contributed by atoms with Crippen LogP contribution >= 0.6 is 11.3 Å². The summed E-state index contributed by atoms with van der Waals surface area (Å²) < 4.78 is 11.5. The van der Waals surface area contributed by atoms with Crippen molar-refractivity contribution in [3.8, 4) is 51.0 Å². The Morgan fingerprint density at radius 2 is 0.985 bits per heavy atom. The summed E-state index contributed by atoms with van der Waals surface area (Å²) in [5, 5.41) is 11.7. The van der Waals surface area contributed by atoms with E-state index in [4.69, 9.17) is 19.4 Å². The van der Waals surface area contributed by atoms with Gasteiger partial charge in [0.1, 0.15) is 11.2 Å². The van der Waals surface area contributed by atoms with Gasteiger partial charge in [0, 0.05) is 64.5 Å². The van der Waals surface area contributed by atoms with Crippen LogP contribution in [0.3, 0.4) is 0 Å². The number of furan rings is 1. The minimum atomic E-state index is 0.576. The van der Waals surface area contributed by atoms with Gasteiger partial charge in [-0.3, -0.25) is 0 Å². The molecule has 0 aliphatic rings. The average Bonchev–Trinajstić information content (AvgIpc) is 4.04. The maximum Gasteiger partial charge on any atom is 0.166 e. The SMILES string of the molecule is c1ccc(-c2ccc(-c3nc(-c4ccc5c(c4)sc4ccccc45)nc(-c4cc5c(cc4-n4c6cc7ccccc7cc6c6c7ccccc7ccc64)oc4ccccc45)n3)cc2)cc1. The first-order valence-electron chi connectivity index (χ1n) is 21.8. The van der Waals surface area contributed by atoms with E-state index in [2.05, 4.69) is 193 Å². The Labute approximate surface area is 376 Å². The minimum absolute atomic E-state index is 0.576. The van der Waals surface area contributed by atoms with Gasteiger partial charge in [-0.2, -0.15) is 0 Å². The molecule has 0 bridgehead atoms. The molecule has 5 nitrogen and oxygen atoms in total. The first-order chi connectivity index (χ1) is 32.2. The summed E-state index contributed by atoms with van der Waals surface area (Å²) in [6.45, 7) is 0. The molecule has 0 fully saturated rings. The number of fused-ring (bicyclic) bond motifs is 12. The Balaban J connectivity index is 1.08. The average molecular weight is 847 g/mol. The normalized spacial score (nSPS) is 12.0. The maximum absolute atomic E-state index is 6.68. The second kappa shape index (κ2) is 14.0. The molecule has 65 heavy (non-hydrogen) atoms. The third-order valence-corrected chi connectivity index (χ3v) is 14.2. The first-order valence-corrected chi connectivity index (χ1v) is 22.6. The van der Waals surface area contributed by atoms with Gasteiger partial charge in [0.15, 0.2) is 17.5 Å². The molecule has 0 amide bonds. The molecular formula is C59H34N4OS. The number of benzene rings is 10. The topological polar surface area (TPSA) is 56.7 Å². The minimum Gasteiger partial charge on any atom is -0.456 e. The lowest BCUT2D eigenvalue weighted by Crippen LogP contribution is -2.04. The molecule has 0 aliphatic heterocycles. The van der Waals surface area contributed by atoms with Crippen molar-refractivity contribution >= 4 is 96.8 Å². The molecular weight excluding hydrogens is 813 g/mol. The van der Waals surface area contributed by atoms with Crippen molar-refractivity contribution in [1.29, 1.82) is 0 Å². The number of hydrogen-bond donors (Lipinski definition) is 0. The fourth-order valence-corrected chi connectivity index (χ4v) is 11.1. The van der Waals surface area contributed by atoms with Crippen LogP contribution in [0.2, 0.25) is 0 Å². The zero-order valence-corrected chi connectivity index (χ0v) is 35.6. The Morgan fingerprint density at radius 1 is 0.354 bits per heavy atom. The van der Waals surface area contributed by atoms with E-state index in [-0.39, 0.29) is 0 Å². The lowest BCUT2D eigenvalue weighted by molar-refractivity contribution is 0.668. The Bertz CT molecular complexity index is 4240. The molecule has 0 atom stereocenters. The van der Waals surface area contributed by atoms with Crippen LogP contribution in [0.1, 0.15) is 0 Å². The molecule has 0 saturated heterocycles. The highest BCUT2D eigenvalue weighted by molar-refractivity contribution is 7.25. The summed E-state index contributed by atoms with van der Waals surface area (Å²) in [6.07, 6.45) is 0. The number of aromatic nitrogens is 4. The second-order valence-electron chi connectivity index (χ2n) is 16.8. The quantitative estimate of drug-likeness (QED) is 0.173. The van der Waals surface area contributed by atoms with Gasteiger partial charge in [-0.05, 0) is 75.1 Å². The highest BCUT2D eigenvalue weighted by Crippen LogP contribution is 2.44. The maximum atomic E-state index is 6.68. The molecule has 302 valence electrons. The lowest BCUT2D eigenvalue weighted by atomic mass is 10.0. The summed E-state index contributed by atoms with van der Waals surface area (Å²) in [5.41, 5.74) is 9.72. The third kappa shape index (κ3) is 5.67. The van der Waals surface area contributed by atoms with E-state index in [9.17, 15) is 0 Å². The number of rotatable bonds is 5. The van der Waals surface area contributed by atoms with E-state index < -0.39 is 0 Å². The molecule has 0 saturated carbocycles. The Kier molecular flexibility index (Phi) is 7.79. The highest BCUT2D eigenvalue weighted by atomic mass is 32.1. The molecule has 4 heterocycles. The molecule has 14 rings (SSSR count).